The zero-order valence-corrected chi connectivity index (χ0v) is 22.6. The Labute approximate surface area is 199 Å². The molecule has 0 aromatic heterocycles. The van der Waals surface area contributed by atoms with E-state index in [-0.39, 0.29) is 10.8 Å². The summed E-state index contributed by atoms with van der Waals surface area (Å²) in [4.78, 5) is 0. The quantitative estimate of drug-likeness (QED) is 0.247. The summed E-state index contributed by atoms with van der Waals surface area (Å²) in [6.07, 6.45) is 10.1. The second-order valence-corrected chi connectivity index (χ2v) is 17.7. The minimum atomic E-state index is -2.30. The van der Waals surface area contributed by atoms with Crippen LogP contribution < -0.4 is 0 Å². The summed E-state index contributed by atoms with van der Waals surface area (Å²) in [6.45, 7) is 30.6. The van der Waals surface area contributed by atoms with Gasteiger partial charge < -0.3 is 8.85 Å². The van der Waals surface area contributed by atoms with E-state index in [2.05, 4.69) is 53.3 Å². The van der Waals surface area contributed by atoms with Crippen molar-refractivity contribution < 1.29 is 8.85 Å². The van der Waals surface area contributed by atoms with Crippen LogP contribution in [-0.2, 0) is 8.85 Å². The fourth-order valence-corrected chi connectivity index (χ4v) is 10.8. The van der Waals surface area contributed by atoms with E-state index < -0.39 is 16.6 Å². The van der Waals surface area contributed by atoms with Gasteiger partial charge in [-0.1, -0.05) is 60.9 Å². The topological polar surface area (TPSA) is 18.5 Å². The Morgan fingerprint density at radius 2 is 0.781 bits per heavy atom. The minimum Gasteiger partial charge on any atom is -0.405 e. The van der Waals surface area contributed by atoms with Crippen LogP contribution in [0.25, 0.3) is 0 Å². The average molecular weight is 469 g/mol. The van der Waals surface area contributed by atoms with Crippen LogP contribution in [0.1, 0.15) is 65.2 Å². The smallest absolute Gasteiger partial charge is 0.264 e. The van der Waals surface area contributed by atoms with Crippen molar-refractivity contribution in [1.29, 1.82) is 0 Å². The van der Waals surface area contributed by atoms with Crippen molar-refractivity contribution in [2.24, 2.45) is 21.7 Å². The summed E-state index contributed by atoms with van der Waals surface area (Å²) in [5.74, 6) is 0. The van der Waals surface area contributed by atoms with Crippen molar-refractivity contribution in [2.45, 2.75) is 65.2 Å². The highest BCUT2D eigenvalue weighted by molar-refractivity contribution is 6.88. The van der Waals surface area contributed by atoms with Gasteiger partial charge in [-0.25, -0.2) is 0 Å². The van der Waals surface area contributed by atoms with Gasteiger partial charge in [-0.2, -0.15) is 0 Å². The molecule has 2 nitrogen and oxygen atoms in total. The van der Waals surface area contributed by atoms with Gasteiger partial charge in [0.1, 0.15) is 0 Å². The Kier molecular flexibility index (Phi) is 7.04. The highest BCUT2D eigenvalue weighted by atomic mass is 28.4. The van der Waals surface area contributed by atoms with Gasteiger partial charge in [0.2, 0.25) is 0 Å². The molecule has 4 aliphatic rings. The van der Waals surface area contributed by atoms with Crippen molar-refractivity contribution in [3.05, 3.63) is 73.7 Å². The molecule has 0 spiro atoms. The largest absolute Gasteiger partial charge is 0.405 e. The fraction of sp³-hybridized carbons (Fsp3) is 0.571. The van der Waals surface area contributed by atoms with Crippen LogP contribution in [-0.4, -0.2) is 29.8 Å². The molecular weight excluding hydrogens is 424 g/mol. The Balaban J connectivity index is 1.96. The third kappa shape index (κ3) is 4.20. The van der Waals surface area contributed by atoms with Crippen LogP contribution in [0.3, 0.4) is 0 Å². The molecule has 4 fully saturated rings. The van der Waals surface area contributed by atoms with Gasteiger partial charge in [0.15, 0.2) is 0 Å². The molecule has 0 aromatic rings. The highest BCUT2D eigenvalue weighted by Crippen LogP contribution is 2.75. The predicted molar refractivity (Wildman–Crippen MR) is 143 cm³/mol. The summed E-state index contributed by atoms with van der Waals surface area (Å²) in [6, 6.07) is 0. The van der Waals surface area contributed by atoms with Crippen molar-refractivity contribution in [3.63, 3.8) is 0 Å². The van der Waals surface area contributed by atoms with E-state index >= 15 is 0 Å². The lowest BCUT2D eigenvalue weighted by atomic mass is 9.35. The second-order valence-electron chi connectivity index (χ2n) is 11.3. The number of rotatable bonds is 14. The Morgan fingerprint density at radius 1 is 0.531 bits per heavy atom. The number of hydrogen-bond donors (Lipinski definition) is 0. The first kappa shape index (κ1) is 25.4. The van der Waals surface area contributed by atoms with E-state index in [1.165, 1.54) is 51.4 Å². The van der Waals surface area contributed by atoms with E-state index in [0.29, 0.717) is 10.8 Å². The lowest BCUT2D eigenvalue weighted by Crippen LogP contribution is -2.64. The SMILES string of the molecule is C=C[Si](C=C)(C=C)OCC12CC3(CC)CC(CC)(C1)CC(CO[Si](C=C)(C=C)C=C)(C3)C2. The number of hydrogen-bond acceptors (Lipinski definition) is 2. The van der Waals surface area contributed by atoms with Crippen molar-refractivity contribution >= 4 is 16.6 Å². The summed E-state index contributed by atoms with van der Waals surface area (Å²) >= 11 is 0. The van der Waals surface area contributed by atoms with Gasteiger partial charge in [0.25, 0.3) is 16.6 Å². The van der Waals surface area contributed by atoms with Crippen LogP contribution in [0, 0.1) is 21.7 Å². The Hall–Kier alpha value is -1.21. The van der Waals surface area contributed by atoms with E-state index in [9.17, 15) is 0 Å². The molecule has 176 valence electrons. The molecule has 4 aliphatic carbocycles. The first-order valence-corrected chi connectivity index (χ1v) is 16.5. The van der Waals surface area contributed by atoms with Gasteiger partial charge in [-0.05, 0) is 60.2 Å². The summed E-state index contributed by atoms with van der Waals surface area (Å²) < 4.78 is 13.4. The van der Waals surface area contributed by atoms with Crippen LogP contribution in [0.15, 0.2) is 73.7 Å². The Morgan fingerprint density at radius 3 is 1.03 bits per heavy atom. The molecule has 0 aromatic carbocycles. The second kappa shape index (κ2) is 8.86. The molecule has 0 amide bonds. The standard InChI is InChI=1S/C28H44O2Si2/c1-9-25-17-26(10-2)20-27(18-25,23-29-31(11-3,12-4)13-5)22-28(19-25,21-26)24-30-32(14-6,15-7)16-8/h11-16H,3-10,17-24H2,1-2H3. The molecule has 4 rings (SSSR count). The van der Waals surface area contributed by atoms with Gasteiger partial charge in [0.05, 0.1) is 0 Å². The fourth-order valence-electron chi connectivity index (χ4n) is 7.99. The van der Waals surface area contributed by atoms with Crippen LogP contribution in [0.5, 0.6) is 0 Å². The maximum absolute atomic E-state index is 6.70. The zero-order valence-electron chi connectivity index (χ0n) is 20.6. The molecule has 32 heavy (non-hydrogen) atoms. The normalized spacial score (nSPS) is 35.8. The van der Waals surface area contributed by atoms with Gasteiger partial charge in [-0.3, -0.25) is 0 Å². The maximum Gasteiger partial charge on any atom is 0.264 e. The lowest BCUT2D eigenvalue weighted by Gasteiger charge is -2.71. The molecule has 4 saturated carbocycles. The molecule has 0 atom stereocenters. The highest BCUT2D eigenvalue weighted by Gasteiger charge is 2.67. The van der Waals surface area contributed by atoms with E-state index in [0.717, 1.165) is 13.2 Å². The van der Waals surface area contributed by atoms with Crippen LogP contribution in [0.2, 0.25) is 0 Å². The third-order valence-electron chi connectivity index (χ3n) is 9.17. The van der Waals surface area contributed by atoms with E-state index in [1.54, 1.807) is 0 Å². The summed E-state index contributed by atoms with van der Waals surface area (Å²) in [7, 11) is -4.60. The first-order chi connectivity index (χ1) is 15.1. The van der Waals surface area contributed by atoms with Gasteiger partial charge in [0, 0.05) is 13.2 Å². The monoisotopic (exact) mass is 468 g/mol. The molecule has 0 heterocycles. The average Bonchev–Trinajstić information content (AvgIpc) is 2.81. The lowest BCUT2D eigenvalue weighted by molar-refractivity contribution is -0.220. The van der Waals surface area contributed by atoms with Crippen LogP contribution in [0.4, 0.5) is 0 Å². The summed E-state index contributed by atoms with van der Waals surface area (Å²) in [5.41, 5.74) is 12.9. The minimum absolute atomic E-state index is 0.193. The zero-order chi connectivity index (χ0) is 23.7. The van der Waals surface area contributed by atoms with Gasteiger partial charge >= 0.3 is 0 Å². The molecular formula is C28H44O2Si2. The third-order valence-corrected chi connectivity index (χ3v) is 14.3. The van der Waals surface area contributed by atoms with Crippen LogP contribution >= 0.6 is 0 Å². The first-order valence-electron chi connectivity index (χ1n) is 12.2. The molecule has 0 unspecified atom stereocenters. The van der Waals surface area contributed by atoms with Crippen molar-refractivity contribution in [1.82, 2.24) is 0 Å². The maximum atomic E-state index is 6.70. The molecule has 4 heteroatoms. The van der Waals surface area contributed by atoms with E-state index in [1.807, 2.05) is 34.2 Å². The predicted octanol–water partition coefficient (Wildman–Crippen LogP) is 7.41. The Bertz CT molecular complexity index is 676. The molecule has 4 bridgehead atoms. The molecule has 0 N–H and O–H groups in total. The van der Waals surface area contributed by atoms with Crippen molar-refractivity contribution in [2.75, 3.05) is 13.2 Å². The molecule has 0 aliphatic heterocycles. The van der Waals surface area contributed by atoms with Crippen molar-refractivity contribution in [3.8, 4) is 0 Å². The van der Waals surface area contributed by atoms with Gasteiger partial charge in [-0.15, -0.1) is 39.5 Å². The molecule has 0 radical (unpaired) electrons. The van der Waals surface area contributed by atoms with E-state index in [4.69, 9.17) is 8.85 Å². The molecule has 0 saturated heterocycles. The summed E-state index contributed by atoms with van der Waals surface area (Å²) in [5, 5.41) is 0.